The van der Waals surface area contributed by atoms with Gasteiger partial charge in [0.05, 0.1) is 12.3 Å². The summed E-state index contributed by atoms with van der Waals surface area (Å²) in [4.78, 5) is 30.9. The summed E-state index contributed by atoms with van der Waals surface area (Å²) in [5.74, 6) is -0.850. The van der Waals surface area contributed by atoms with Gasteiger partial charge in [-0.1, -0.05) is 66.2 Å². The molecule has 0 radical (unpaired) electrons. The third-order valence-corrected chi connectivity index (χ3v) is 9.16. The molecule has 2 aliphatic heterocycles. The van der Waals surface area contributed by atoms with Gasteiger partial charge in [0.25, 0.3) is 0 Å². The van der Waals surface area contributed by atoms with Crippen molar-refractivity contribution in [2.45, 2.75) is 37.5 Å². The zero-order valence-electron chi connectivity index (χ0n) is 24.5. The number of sulfonamides is 1. The van der Waals surface area contributed by atoms with Gasteiger partial charge in [-0.3, -0.25) is 14.5 Å². The second-order valence-electron chi connectivity index (χ2n) is 11.3. The Morgan fingerprint density at radius 2 is 1.68 bits per heavy atom. The quantitative estimate of drug-likeness (QED) is 0.297. The highest BCUT2D eigenvalue weighted by Crippen LogP contribution is 2.28. The molecule has 3 aromatic rings. The first-order chi connectivity index (χ1) is 21.1. The number of benzene rings is 3. The van der Waals surface area contributed by atoms with Crippen LogP contribution in [-0.4, -0.2) is 75.1 Å². The molecule has 2 amide bonds. The number of nitrogens with one attached hydrogen (secondary N) is 3. The summed E-state index contributed by atoms with van der Waals surface area (Å²) < 4.78 is 41.0. The molecule has 2 heterocycles. The molecule has 9 nitrogen and oxygen atoms in total. The van der Waals surface area contributed by atoms with Crippen molar-refractivity contribution in [3.05, 3.63) is 106 Å². The molecule has 3 N–H and O–H groups in total. The predicted molar refractivity (Wildman–Crippen MR) is 168 cm³/mol. The molecular formula is C32H37ClFN5O4S. The van der Waals surface area contributed by atoms with E-state index < -0.39 is 27.9 Å². The Hall–Kier alpha value is -3.35. The van der Waals surface area contributed by atoms with E-state index >= 15 is 0 Å². The fourth-order valence-electron chi connectivity index (χ4n) is 5.94. The maximum absolute atomic E-state index is 14.8. The number of rotatable bonds is 11. The van der Waals surface area contributed by atoms with Gasteiger partial charge in [0, 0.05) is 68.7 Å². The Morgan fingerprint density at radius 1 is 1.00 bits per heavy atom. The molecule has 3 unspecified atom stereocenters. The molecule has 3 aromatic carbocycles. The van der Waals surface area contributed by atoms with Crippen molar-refractivity contribution in [2.75, 3.05) is 39.0 Å². The SMILES string of the molecule is CS(=O)(=O)NCC(c1ccccc1F)N1CCN(C(=O)C(Cc2ccc(Cl)cc2)NC(=O)CC2NCc3ccccc32)CC1. The van der Waals surface area contributed by atoms with E-state index in [0.717, 1.165) is 22.9 Å². The second-order valence-corrected chi connectivity index (χ2v) is 13.6. The fourth-order valence-corrected chi connectivity index (χ4v) is 6.53. The number of hydrogen-bond acceptors (Lipinski definition) is 6. The van der Waals surface area contributed by atoms with E-state index in [0.29, 0.717) is 49.7 Å². The summed E-state index contributed by atoms with van der Waals surface area (Å²) in [5, 5.41) is 6.96. The van der Waals surface area contributed by atoms with Gasteiger partial charge in [-0.15, -0.1) is 0 Å². The van der Waals surface area contributed by atoms with E-state index in [1.807, 2.05) is 41.3 Å². The lowest BCUT2D eigenvalue weighted by Crippen LogP contribution is -2.56. The molecule has 44 heavy (non-hydrogen) atoms. The Labute approximate surface area is 262 Å². The van der Waals surface area contributed by atoms with Crippen molar-refractivity contribution in [3.63, 3.8) is 0 Å². The monoisotopic (exact) mass is 641 g/mol. The Balaban J connectivity index is 1.27. The zero-order chi connectivity index (χ0) is 31.3. The summed E-state index contributed by atoms with van der Waals surface area (Å²) in [5.41, 5.74) is 3.51. The van der Waals surface area contributed by atoms with Crippen LogP contribution >= 0.6 is 11.6 Å². The first kappa shape index (κ1) is 32.1. The number of amides is 2. The molecule has 1 saturated heterocycles. The van der Waals surface area contributed by atoms with Crippen LogP contribution in [0.4, 0.5) is 4.39 Å². The van der Waals surface area contributed by atoms with Crippen LogP contribution in [0.1, 0.15) is 40.8 Å². The summed E-state index contributed by atoms with van der Waals surface area (Å²) in [6.45, 7) is 2.18. The van der Waals surface area contributed by atoms with Gasteiger partial charge >= 0.3 is 0 Å². The van der Waals surface area contributed by atoms with Crippen LogP contribution < -0.4 is 15.4 Å². The van der Waals surface area contributed by atoms with Crippen molar-refractivity contribution in [2.24, 2.45) is 0 Å². The molecule has 0 aliphatic carbocycles. The van der Waals surface area contributed by atoms with Gasteiger partial charge in [0.15, 0.2) is 0 Å². The van der Waals surface area contributed by atoms with Crippen molar-refractivity contribution in [1.29, 1.82) is 0 Å². The van der Waals surface area contributed by atoms with Gasteiger partial charge in [-0.2, -0.15) is 0 Å². The second kappa shape index (κ2) is 14.2. The number of nitrogens with zero attached hydrogens (tertiary/aromatic N) is 2. The topological polar surface area (TPSA) is 111 Å². The van der Waals surface area contributed by atoms with Gasteiger partial charge in [0.2, 0.25) is 21.8 Å². The van der Waals surface area contributed by atoms with E-state index in [1.54, 1.807) is 35.2 Å². The lowest BCUT2D eigenvalue weighted by molar-refractivity contribution is -0.138. The van der Waals surface area contributed by atoms with Crippen LogP contribution in [-0.2, 0) is 32.6 Å². The third-order valence-electron chi connectivity index (χ3n) is 8.22. The van der Waals surface area contributed by atoms with E-state index in [-0.39, 0.29) is 30.8 Å². The van der Waals surface area contributed by atoms with E-state index in [2.05, 4.69) is 15.4 Å². The molecule has 0 spiro atoms. The van der Waals surface area contributed by atoms with E-state index in [1.165, 1.54) is 6.07 Å². The number of halogens is 2. The first-order valence-electron chi connectivity index (χ1n) is 14.6. The van der Waals surface area contributed by atoms with Crippen LogP contribution in [0.3, 0.4) is 0 Å². The molecule has 234 valence electrons. The van der Waals surface area contributed by atoms with Gasteiger partial charge in [0.1, 0.15) is 11.9 Å². The van der Waals surface area contributed by atoms with Crippen LogP contribution in [0, 0.1) is 5.82 Å². The molecular weight excluding hydrogens is 605 g/mol. The molecule has 5 rings (SSSR count). The van der Waals surface area contributed by atoms with Crippen LogP contribution in [0.2, 0.25) is 5.02 Å². The average molecular weight is 642 g/mol. The highest BCUT2D eigenvalue weighted by Gasteiger charge is 2.33. The summed E-state index contributed by atoms with van der Waals surface area (Å²) in [7, 11) is -3.50. The van der Waals surface area contributed by atoms with Crippen LogP contribution in [0.25, 0.3) is 0 Å². The zero-order valence-corrected chi connectivity index (χ0v) is 26.1. The Kier molecular flexibility index (Phi) is 10.3. The lowest BCUT2D eigenvalue weighted by Gasteiger charge is -2.40. The summed E-state index contributed by atoms with van der Waals surface area (Å²) in [6, 6.07) is 20.0. The van der Waals surface area contributed by atoms with E-state index in [9.17, 15) is 22.4 Å². The molecule has 0 bridgehead atoms. The molecule has 12 heteroatoms. The van der Waals surface area contributed by atoms with Crippen molar-refractivity contribution < 1.29 is 22.4 Å². The van der Waals surface area contributed by atoms with Gasteiger partial charge in [-0.05, 0) is 34.9 Å². The van der Waals surface area contributed by atoms with Crippen molar-refractivity contribution in [3.8, 4) is 0 Å². The highest BCUT2D eigenvalue weighted by atomic mass is 35.5. The number of carbonyl (C=O) groups is 2. The molecule has 0 aromatic heterocycles. The van der Waals surface area contributed by atoms with Crippen molar-refractivity contribution in [1.82, 2.24) is 25.2 Å². The minimum absolute atomic E-state index is 0.00128. The number of carbonyl (C=O) groups excluding carboxylic acids is 2. The number of hydrogen-bond donors (Lipinski definition) is 3. The highest BCUT2D eigenvalue weighted by molar-refractivity contribution is 7.88. The summed E-state index contributed by atoms with van der Waals surface area (Å²) in [6.07, 6.45) is 1.57. The molecule has 2 aliphatic rings. The molecule has 3 atom stereocenters. The minimum atomic E-state index is -3.50. The largest absolute Gasteiger partial charge is 0.344 e. The smallest absolute Gasteiger partial charge is 0.245 e. The standard InChI is InChI=1S/C32H37ClFN5O4S/c1-44(42,43)36-21-30(26-8-4-5-9-27(26)34)38-14-16-39(17-15-38)32(41)29(18-22-10-12-24(33)13-11-22)37-31(40)19-28-25-7-3-2-6-23(25)20-35-28/h2-13,28-30,35-36H,14-21H2,1H3,(H,37,40). The third kappa shape index (κ3) is 8.22. The molecule has 1 fully saturated rings. The van der Waals surface area contributed by atoms with E-state index in [4.69, 9.17) is 11.6 Å². The Morgan fingerprint density at radius 3 is 2.39 bits per heavy atom. The molecule has 0 saturated carbocycles. The average Bonchev–Trinajstić information content (AvgIpc) is 3.41. The lowest BCUT2D eigenvalue weighted by atomic mass is 10.0. The number of piperazine rings is 1. The van der Waals surface area contributed by atoms with Gasteiger partial charge in [-0.25, -0.2) is 17.5 Å². The fraction of sp³-hybridized carbons (Fsp3) is 0.375. The first-order valence-corrected chi connectivity index (χ1v) is 16.9. The van der Waals surface area contributed by atoms with Gasteiger partial charge < -0.3 is 15.5 Å². The van der Waals surface area contributed by atoms with Crippen LogP contribution in [0.5, 0.6) is 0 Å². The summed E-state index contributed by atoms with van der Waals surface area (Å²) >= 11 is 6.08. The minimum Gasteiger partial charge on any atom is -0.344 e. The van der Waals surface area contributed by atoms with Crippen LogP contribution in [0.15, 0.2) is 72.8 Å². The predicted octanol–water partition coefficient (Wildman–Crippen LogP) is 3.18. The van der Waals surface area contributed by atoms with Crippen molar-refractivity contribution >= 4 is 33.4 Å². The normalized spacial score (nSPS) is 18.4. The maximum atomic E-state index is 14.8. The number of fused-ring (bicyclic) bond motifs is 1. The maximum Gasteiger partial charge on any atom is 0.245 e. The Bertz CT molecular complexity index is 1580.